The van der Waals surface area contributed by atoms with Crippen LogP contribution in [0.4, 0.5) is 0 Å². The van der Waals surface area contributed by atoms with Crippen LogP contribution in [0.5, 0.6) is 0 Å². The van der Waals surface area contributed by atoms with Crippen LogP contribution in [-0.2, 0) is 6.42 Å². The highest BCUT2D eigenvalue weighted by molar-refractivity contribution is 6.42. The molecule has 4 heteroatoms. The summed E-state index contributed by atoms with van der Waals surface area (Å²) in [6, 6.07) is 6.30. The minimum Gasteiger partial charge on any atom is -0.311 e. The first-order valence-electron chi connectivity index (χ1n) is 5.51. The zero-order valence-corrected chi connectivity index (χ0v) is 10.9. The molecule has 1 aromatic rings. The third-order valence-electron chi connectivity index (χ3n) is 2.96. The molecule has 2 rings (SSSR count). The Hall–Kier alpha value is -0.280. The van der Waals surface area contributed by atoms with Crippen LogP contribution in [0.1, 0.15) is 5.56 Å². The van der Waals surface area contributed by atoms with E-state index in [1.807, 2.05) is 18.2 Å². The molecule has 0 amide bonds. The number of likely N-dealkylation sites (N-methyl/N-ethyl adjacent to an activating group) is 1. The summed E-state index contributed by atoms with van der Waals surface area (Å²) in [4.78, 5) is 2.33. The Labute approximate surface area is 107 Å². The normalized spacial score (nSPS) is 22.3. The van der Waals surface area contributed by atoms with Gasteiger partial charge < -0.3 is 10.2 Å². The summed E-state index contributed by atoms with van der Waals surface area (Å²) < 4.78 is 0. The van der Waals surface area contributed by atoms with Crippen molar-refractivity contribution in [2.24, 2.45) is 0 Å². The molecule has 1 unspecified atom stereocenters. The first kappa shape index (κ1) is 12.2. The molecule has 1 aliphatic heterocycles. The maximum Gasteiger partial charge on any atom is 0.0624 e. The number of piperazine rings is 1. The Balaban J connectivity index is 2.05. The Morgan fingerprint density at radius 3 is 3.00 bits per heavy atom. The maximum absolute atomic E-state index is 6.18. The molecule has 16 heavy (non-hydrogen) atoms. The number of halogens is 2. The van der Waals surface area contributed by atoms with Gasteiger partial charge in [-0.1, -0.05) is 35.3 Å². The molecule has 0 saturated carbocycles. The van der Waals surface area contributed by atoms with Crippen molar-refractivity contribution in [2.45, 2.75) is 12.5 Å². The van der Waals surface area contributed by atoms with Crippen molar-refractivity contribution < 1.29 is 0 Å². The van der Waals surface area contributed by atoms with Gasteiger partial charge in [-0.2, -0.15) is 0 Å². The van der Waals surface area contributed by atoms with Crippen molar-refractivity contribution in [2.75, 3.05) is 26.7 Å². The molecular weight excluding hydrogens is 243 g/mol. The molecular formula is C12H16Cl2N2. The van der Waals surface area contributed by atoms with E-state index in [2.05, 4.69) is 17.3 Å². The highest BCUT2D eigenvalue weighted by Gasteiger charge is 2.18. The molecule has 2 nitrogen and oxygen atoms in total. The van der Waals surface area contributed by atoms with Gasteiger partial charge in [-0.25, -0.2) is 0 Å². The standard InChI is InChI=1S/C12H16Cl2N2/c1-16-6-5-15-10(8-16)7-9-3-2-4-11(13)12(9)14/h2-4,10,15H,5-8H2,1H3. The highest BCUT2D eigenvalue weighted by Crippen LogP contribution is 2.26. The molecule has 1 fully saturated rings. The summed E-state index contributed by atoms with van der Waals surface area (Å²) in [6.45, 7) is 3.21. The van der Waals surface area contributed by atoms with Crippen molar-refractivity contribution in [1.82, 2.24) is 10.2 Å². The zero-order chi connectivity index (χ0) is 11.5. The van der Waals surface area contributed by atoms with Crippen LogP contribution >= 0.6 is 23.2 Å². The van der Waals surface area contributed by atoms with Gasteiger partial charge in [0.05, 0.1) is 10.0 Å². The lowest BCUT2D eigenvalue weighted by Crippen LogP contribution is -2.49. The van der Waals surface area contributed by atoms with Crippen LogP contribution < -0.4 is 5.32 Å². The fourth-order valence-electron chi connectivity index (χ4n) is 2.10. The van der Waals surface area contributed by atoms with Crippen molar-refractivity contribution in [3.63, 3.8) is 0 Å². The molecule has 88 valence electrons. The van der Waals surface area contributed by atoms with E-state index in [-0.39, 0.29) is 0 Å². The second-order valence-corrected chi connectivity index (χ2v) is 5.12. The lowest BCUT2D eigenvalue weighted by Gasteiger charge is -2.31. The van der Waals surface area contributed by atoms with Crippen molar-refractivity contribution in [1.29, 1.82) is 0 Å². The number of hydrogen-bond acceptors (Lipinski definition) is 2. The summed E-state index contributed by atoms with van der Waals surface area (Å²) in [5.74, 6) is 0. The van der Waals surface area contributed by atoms with E-state index >= 15 is 0 Å². The van der Waals surface area contributed by atoms with Crippen LogP contribution in [-0.4, -0.2) is 37.6 Å². The Morgan fingerprint density at radius 1 is 1.44 bits per heavy atom. The minimum atomic E-state index is 0.467. The van der Waals surface area contributed by atoms with E-state index in [1.165, 1.54) is 0 Å². The molecule has 1 atom stereocenters. The topological polar surface area (TPSA) is 15.3 Å². The SMILES string of the molecule is CN1CCNC(Cc2cccc(Cl)c2Cl)C1. The van der Waals surface area contributed by atoms with E-state index in [4.69, 9.17) is 23.2 Å². The van der Waals surface area contributed by atoms with Gasteiger partial charge in [0, 0.05) is 25.7 Å². The summed E-state index contributed by atoms with van der Waals surface area (Å²) in [6.07, 6.45) is 0.934. The average Bonchev–Trinajstić information content (AvgIpc) is 2.25. The Kier molecular flexibility index (Phi) is 4.09. The zero-order valence-electron chi connectivity index (χ0n) is 9.34. The van der Waals surface area contributed by atoms with Crippen LogP contribution in [0, 0.1) is 0 Å². The highest BCUT2D eigenvalue weighted by atomic mass is 35.5. The van der Waals surface area contributed by atoms with Crippen molar-refractivity contribution >= 4 is 23.2 Å². The molecule has 1 aromatic carbocycles. The van der Waals surface area contributed by atoms with E-state index in [1.54, 1.807) is 0 Å². The third kappa shape index (κ3) is 2.89. The van der Waals surface area contributed by atoms with Gasteiger partial charge in [0.2, 0.25) is 0 Å². The second-order valence-electron chi connectivity index (χ2n) is 4.33. The quantitative estimate of drug-likeness (QED) is 0.877. The molecule has 0 radical (unpaired) electrons. The summed E-state index contributed by atoms with van der Waals surface area (Å²) in [5, 5.41) is 4.84. The number of benzene rings is 1. The fraction of sp³-hybridized carbons (Fsp3) is 0.500. The molecule has 1 heterocycles. The van der Waals surface area contributed by atoms with Gasteiger partial charge in [-0.3, -0.25) is 0 Å². The summed E-state index contributed by atoms with van der Waals surface area (Å²) in [5.41, 5.74) is 1.13. The van der Waals surface area contributed by atoms with Crippen molar-refractivity contribution in [3.05, 3.63) is 33.8 Å². The van der Waals surface area contributed by atoms with E-state index in [0.29, 0.717) is 16.1 Å². The van der Waals surface area contributed by atoms with Gasteiger partial charge in [-0.05, 0) is 25.1 Å². The number of nitrogens with one attached hydrogen (secondary N) is 1. The molecule has 0 aromatic heterocycles. The minimum absolute atomic E-state index is 0.467. The Morgan fingerprint density at radius 2 is 2.25 bits per heavy atom. The van der Waals surface area contributed by atoms with Crippen LogP contribution in [0.3, 0.4) is 0 Å². The fourth-order valence-corrected chi connectivity index (χ4v) is 2.50. The van der Waals surface area contributed by atoms with E-state index in [9.17, 15) is 0 Å². The van der Waals surface area contributed by atoms with Gasteiger partial charge in [-0.15, -0.1) is 0 Å². The number of rotatable bonds is 2. The smallest absolute Gasteiger partial charge is 0.0624 e. The van der Waals surface area contributed by atoms with Gasteiger partial charge in [0.25, 0.3) is 0 Å². The first-order chi connectivity index (χ1) is 7.66. The molecule has 0 spiro atoms. The molecule has 0 bridgehead atoms. The van der Waals surface area contributed by atoms with Crippen LogP contribution in [0.2, 0.25) is 10.0 Å². The van der Waals surface area contributed by atoms with E-state index < -0.39 is 0 Å². The number of nitrogens with zero attached hydrogens (tertiary/aromatic N) is 1. The maximum atomic E-state index is 6.18. The average molecular weight is 259 g/mol. The molecule has 1 aliphatic rings. The summed E-state index contributed by atoms with van der Waals surface area (Å²) in [7, 11) is 2.15. The van der Waals surface area contributed by atoms with E-state index in [0.717, 1.165) is 31.6 Å². The molecule has 0 aliphatic carbocycles. The van der Waals surface area contributed by atoms with Crippen LogP contribution in [0.15, 0.2) is 18.2 Å². The Bertz CT molecular complexity index is 368. The monoisotopic (exact) mass is 258 g/mol. The molecule has 1 N–H and O–H groups in total. The third-order valence-corrected chi connectivity index (χ3v) is 3.81. The van der Waals surface area contributed by atoms with Crippen molar-refractivity contribution in [3.8, 4) is 0 Å². The van der Waals surface area contributed by atoms with Crippen LogP contribution in [0.25, 0.3) is 0 Å². The van der Waals surface area contributed by atoms with Gasteiger partial charge in [0.15, 0.2) is 0 Å². The second kappa shape index (κ2) is 5.37. The predicted octanol–water partition coefficient (Wildman–Crippen LogP) is 2.44. The molecule has 1 saturated heterocycles. The predicted molar refractivity (Wildman–Crippen MR) is 69.5 cm³/mol. The number of hydrogen-bond donors (Lipinski definition) is 1. The van der Waals surface area contributed by atoms with Gasteiger partial charge >= 0.3 is 0 Å². The lowest BCUT2D eigenvalue weighted by atomic mass is 10.0. The largest absolute Gasteiger partial charge is 0.311 e. The first-order valence-corrected chi connectivity index (χ1v) is 6.27. The van der Waals surface area contributed by atoms with Gasteiger partial charge in [0.1, 0.15) is 0 Å². The summed E-state index contributed by atoms with van der Waals surface area (Å²) >= 11 is 12.2. The lowest BCUT2D eigenvalue weighted by molar-refractivity contribution is 0.238.